The Bertz CT molecular complexity index is 1280. The van der Waals surface area contributed by atoms with Crippen molar-refractivity contribution in [2.75, 3.05) is 39.2 Å². The molecule has 2 aromatic carbocycles. The number of methoxy groups -OCH3 is 1. The van der Waals surface area contributed by atoms with E-state index in [4.69, 9.17) is 24.4 Å². The van der Waals surface area contributed by atoms with Gasteiger partial charge in [0.15, 0.2) is 6.10 Å². The molecule has 0 spiro atoms. The number of para-hydroxylation sites is 1. The summed E-state index contributed by atoms with van der Waals surface area (Å²) in [6.45, 7) is 3.19. The predicted molar refractivity (Wildman–Crippen MR) is 154 cm³/mol. The Morgan fingerprint density at radius 3 is 2.07 bits per heavy atom. The Hall–Kier alpha value is -4.36. The van der Waals surface area contributed by atoms with E-state index in [0.29, 0.717) is 30.1 Å². The Labute approximate surface area is 247 Å². The third-order valence-corrected chi connectivity index (χ3v) is 6.96. The van der Waals surface area contributed by atoms with Gasteiger partial charge in [-0.15, -0.1) is 11.8 Å². The first-order chi connectivity index (χ1) is 19.8. The minimum Gasteiger partial charge on any atom is -0.497 e. The van der Waals surface area contributed by atoms with Crippen molar-refractivity contribution >= 4 is 47.2 Å². The van der Waals surface area contributed by atoms with Gasteiger partial charge in [0.25, 0.3) is 5.91 Å². The number of ether oxygens (including phenoxy) is 3. The lowest BCUT2D eigenvalue weighted by atomic mass is 10.1. The maximum absolute atomic E-state index is 13.9. The molecule has 1 aliphatic heterocycles. The monoisotopic (exact) mass is 602 g/mol. The number of esters is 2. The quantitative estimate of drug-likeness (QED) is 0.303. The lowest BCUT2D eigenvalue weighted by Gasteiger charge is -2.31. The number of thioether (sulfide) groups is 1. The molecule has 0 bridgehead atoms. The number of rotatable bonds is 10. The van der Waals surface area contributed by atoms with E-state index < -0.39 is 41.3 Å². The summed E-state index contributed by atoms with van der Waals surface area (Å²) in [6, 6.07) is 14.9. The number of benzene rings is 2. The van der Waals surface area contributed by atoms with E-state index in [1.54, 1.807) is 12.0 Å². The van der Waals surface area contributed by atoms with Gasteiger partial charge in [-0.1, -0.05) is 24.3 Å². The van der Waals surface area contributed by atoms with Crippen LogP contribution in [-0.2, 0) is 33.4 Å². The van der Waals surface area contributed by atoms with Gasteiger partial charge in [-0.25, -0.2) is 9.59 Å². The highest BCUT2D eigenvalue weighted by Gasteiger charge is 2.41. The van der Waals surface area contributed by atoms with Gasteiger partial charge in [0.1, 0.15) is 11.9 Å². The average molecular weight is 603 g/mol. The number of carbonyl (C=O) groups excluding carboxylic acids is 3. The van der Waals surface area contributed by atoms with Crippen LogP contribution in [0.25, 0.3) is 0 Å². The van der Waals surface area contributed by atoms with Crippen molar-refractivity contribution in [3.63, 3.8) is 0 Å². The number of amides is 1. The first kappa shape index (κ1) is 33.8. The summed E-state index contributed by atoms with van der Waals surface area (Å²) in [5.74, 6) is -3.17. The summed E-state index contributed by atoms with van der Waals surface area (Å²) in [5.41, 5.74) is 1.51. The molecular formula is C29H34N2O10S. The molecule has 1 heterocycles. The standard InChI is InChI=1S/C25H30N2O6S.C4H4O4/c1-16(28)32-20(14-26(3)4)15-27-21-8-6-7-9-22(21)34-24(23(25(27)30)33-17(2)29)18-10-12-19(31-5)13-11-18;5-3(6)1-2-4(7)8/h6-13,20,23-24H,14-15H2,1-5H3;1-2H,(H,5,6)(H,7,8)/b;2-1+/t20?,23-,24+;/m0./s1. The van der Waals surface area contributed by atoms with Crippen LogP contribution in [0, 0.1) is 0 Å². The Balaban J connectivity index is 0.000000675. The summed E-state index contributed by atoms with van der Waals surface area (Å²) in [7, 11) is 5.32. The zero-order chi connectivity index (χ0) is 31.4. The second-order valence-electron chi connectivity index (χ2n) is 9.26. The number of likely N-dealkylation sites (N-methyl/N-ethyl adjacent to an activating group) is 1. The molecule has 0 saturated heterocycles. The molecular weight excluding hydrogens is 568 g/mol. The maximum Gasteiger partial charge on any atom is 0.328 e. The number of anilines is 1. The molecule has 0 saturated carbocycles. The van der Waals surface area contributed by atoms with Crippen LogP contribution in [0.2, 0.25) is 0 Å². The molecule has 13 heteroatoms. The number of carboxylic acid groups (broad SMARTS) is 2. The fourth-order valence-electron chi connectivity index (χ4n) is 4.02. The number of hydrogen-bond donors (Lipinski definition) is 2. The molecule has 42 heavy (non-hydrogen) atoms. The average Bonchev–Trinajstić information content (AvgIpc) is 3.02. The molecule has 0 radical (unpaired) electrons. The lowest BCUT2D eigenvalue weighted by molar-refractivity contribution is -0.153. The molecule has 226 valence electrons. The van der Waals surface area contributed by atoms with E-state index in [1.165, 1.54) is 25.6 Å². The lowest BCUT2D eigenvalue weighted by Crippen LogP contribution is -2.48. The van der Waals surface area contributed by atoms with Gasteiger partial charge >= 0.3 is 23.9 Å². The summed E-state index contributed by atoms with van der Waals surface area (Å²) in [4.78, 5) is 61.1. The predicted octanol–water partition coefficient (Wildman–Crippen LogP) is 3.01. The number of hydrogen-bond acceptors (Lipinski definition) is 10. The zero-order valence-corrected chi connectivity index (χ0v) is 24.7. The molecule has 12 nitrogen and oxygen atoms in total. The molecule has 1 aliphatic rings. The van der Waals surface area contributed by atoms with E-state index in [0.717, 1.165) is 10.5 Å². The fourth-order valence-corrected chi connectivity index (χ4v) is 5.33. The summed E-state index contributed by atoms with van der Waals surface area (Å²) < 4.78 is 16.4. The molecule has 1 amide bonds. The zero-order valence-electron chi connectivity index (χ0n) is 23.9. The van der Waals surface area contributed by atoms with Crippen LogP contribution in [-0.4, -0.2) is 91.4 Å². The third-order valence-electron chi connectivity index (χ3n) is 5.59. The van der Waals surface area contributed by atoms with Gasteiger partial charge in [-0.05, 0) is 43.9 Å². The van der Waals surface area contributed by atoms with Crippen molar-refractivity contribution < 1.29 is 48.4 Å². The van der Waals surface area contributed by atoms with Gasteiger partial charge in [0.2, 0.25) is 0 Å². The first-order valence-electron chi connectivity index (χ1n) is 12.7. The van der Waals surface area contributed by atoms with Crippen LogP contribution in [0.1, 0.15) is 24.7 Å². The number of fused-ring (bicyclic) bond motifs is 1. The van der Waals surface area contributed by atoms with Crippen molar-refractivity contribution in [1.29, 1.82) is 0 Å². The van der Waals surface area contributed by atoms with Crippen LogP contribution < -0.4 is 9.64 Å². The van der Waals surface area contributed by atoms with Gasteiger partial charge in [0.05, 0.1) is 24.6 Å². The number of nitrogens with zero attached hydrogens (tertiary/aromatic N) is 2. The summed E-state index contributed by atoms with van der Waals surface area (Å²) in [6.07, 6.45) is -0.518. The summed E-state index contributed by atoms with van der Waals surface area (Å²) in [5, 5.41) is 15.1. The molecule has 2 aromatic rings. The van der Waals surface area contributed by atoms with Crippen molar-refractivity contribution in [1.82, 2.24) is 4.90 Å². The molecule has 3 atom stereocenters. The van der Waals surface area contributed by atoms with E-state index >= 15 is 0 Å². The maximum atomic E-state index is 13.9. The Morgan fingerprint density at radius 2 is 1.57 bits per heavy atom. The highest BCUT2D eigenvalue weighted by Crippen LogP contribution is 2.47. The Kier molecular flexibility index (Phi) is 13.0. The smallest absolute Gasteiger partial charge is 0.328 e. The first-order valence-corrected chi connectivity index (χ1v) is 13.5. The Morgan fingerprint density at radius 1 is 0.976 bits per heavy atom. The van der Waals surface area contributed by atoms with Gasteiger partial charge in [0, 0.05) is 37.4 Å². The molecule has 2 N–H and O–H groups in total. The number of carbonyl (C=O) groups is 5. The second-order valence-corrected chi connectivity index (χ2v) is 10.4. The number of carboxylic acids is 2. The van der Waals surface area contributed by atoms with Crippen LogP contribution in [0.4, 0.5) is 5.69 Å². The molecule has 0 aliphatic carbocycles. The van der Waals surface area contributed by atoms with Gasteiger partial charge in [-0.2, -0.15) is 0 Å². The van der Waals surface area contributed by atoms with E-state index in [9.17, 15) is 24.0 Å². The fraction of sp³-hybridized carbons (Fsp3) is 0.345. The van der Waals surface area contributed by atoms with E-state index in [-0.39, 0.29) is 12.5 Å². The molecule has 3 rings (SSSR count). The van der Waals surface area contributed by atoms with E-state index in [1.807, 2.05) is 67.5 Å². The van der Waals surface area contributed by atoms with Crippen molar-refractivity contribution in [3.8, 4) is 5.75 Å². The highest BCUT2D eigenvalue weighted by atomic mass is 32.2. The highest BCUT2D eigenvalue weighted by molar-refractivity contribution is 7.99. The van der Waals surface area contributed by atoms with Crippen LogP contribution >= 0.6 is 11.8 Å². The second kappa shape index (κ2) is 16.2. The van der Waals surface area contributed by atoms with Crippen molar-refractivity contribution in [2.45, 2.75) is 36.2 Å². The van der Waals surface area contributed by atoms with Gasteiger partial charge < -0.3 is 34.2 Å². The largest absolute Gasteiger partial charge is 0.497 e. The van der Waals surface area contributed by atoms with Crippen molar-refractivity contribution in [2.24, 2.45) is 0 Å². The minimum absolute atomic E-state index is 0.126. The molecule has 0 aromatic heterocycles. The van der Waals surface area contributed by atoms with Crippen LogP contribution in [0.3, 0.4) is 0 Å². The van der Waals surface area contributed by atoms with Crippen LogP contribution in [0.5, 0.6) is 5.75 Å². The van der Waals surface area contributed by atoms with E-state index in [2.05, 4.69) is 0 Å². The topological polar surface area (TPSA) is 160 Å². The summed E-state index contributed by atoms with van der Waals surface area (Å²) >= 11 is 1.46. The molecule has 0 fully saturated rings. The minimum atomic E-state index is -1.26. The normalized spacial score (nSPS) is 16.9. The SMILES string of the molecule is COc1ccc([C@H]2Sc3ccccc3N(CC(CN(C)C)OC(C)=O)C(=O)[C@H]2OC(C)=O)cc1.O=C(O)/C=C/C(=O)O. The number of aliphatic carboxylic acids is 2. The van der Waals surface area contributed by atoms with Crippen molar-refractivity contribution in [3.05, 3.63) is 66.2 Å². The molecule has 1 unspecified atom stereocenters. The third kappa shape index (κ3) is 10.6. The van der Waals surface area contributed by atoms with Gasteiger partial charge in [-0.3, -0.25) is 14.4 Å². The van der Waals surface area contributed by atoms with Crippen LogP contribution in [0.15, 0.2) is 65.6 Å².